The predicted molar refractivity (Wildman–Crippen MR) is 194 cm³/mol. The Labute approximate surface area is 282 Å². The molecule has 0 aliphatic carbocycles. The number of unbranched alkanes of at least 4 members (excludes halogenated alkanes) is 15. The quantitative estimate of drug-likeness (QED) is 0.0333. The molecule has 46 heavy (non-hydrogen) atoms. The molecule has 8 heteroatoms. The molecule has 0 radical (unpaired) electrons. The molecule has 7 nitrogen and oxygen atoms in total. The van der Waals surface area contributed by atoms with Crippen molar-refractivity contribution >= 4 is 16.0 Å². The highest BCUT2D eigenvalue weighted by Crippen LogP contribution is 2.14. The van der Waals surface area contributed by atoms with E-state index >= 15 is 0 Å². The average molecular weight is 666 g/mol. The molecule has 0 aromatic carbocycles. The summed E-state index contributed by atoms with van der Waals surface area (Å²) in [6.07, 6.45) is 40.3. The summed E-state index contributed by atoms with van der Waals surface area (Å²) in [5, 5.41) is 23.2. The van der Waals surface area contributed by atoms with Gasteiger partial charge < -0.3 is 15.5 Å². The Bertz CT molecular complexity index is 970. The molecule has 0 spiro atoms. The van der Waals surface area contributed by atoms with E-state index in [1.54, 1.807) is 6.08 Å². The maximum atomic E-state index is 12.5. The van der Waals surface area contributed by atoms with Crippen LogP contribution >= 0.6 is 0 Å². The van der Waals surface area contributed by atoms with Gasteiger partial charge in [-0.25, -0.2) is 0 Å². The van der Waals surface area contributed by atoms with E-state index in [0.29, 0.717) is 12.8 Å². The van der Waals surface area contributed by atoms with Gasteiger partial charge in [0.1, 0.15) is 6.10 Å². The van der Waals surface area contributed by atoms with Crippen LogP contribution < -0.4 is 5.32 Å². The van der Waals surface area contributed by atoms with Gasteiger partial charge in [0, 0.05) is 0 Å². The van der Waals surface area contributed by atoms with Gasteiger partial charge in [0.15, 0.2) is 0 Å². The monoisotopic (exact) mass is 665 g/mol. The van der Waals surface area contributed by atoms with E-state index in [4.69, 9.17) is 0 Å². The molecule has 0 fully saturated rings. The van der Waals surface area contributed by atoms with Crippen molar-refractivity contribution in [2.24, 2.45) is 0 Å². The molecule has 0 aliphatic rings. The van der Waals surface area contributed by atoms with Gasteiger partial charge in [-0.15, -0.1) is 0 Å². The normalized spacial score (nSPS) is 14.8. The molecule has 4 N–H and O–H groups in total. The third-order valence-electron chi connectivity index (χ3n) is 7.86. The standard InChI is InChI=1S/C38H67NO6S/c1-3-5-7-9-11-13-14-15-16-17-18-19-20-21-22-23-25-27-29-31-33-37(41)38(42)39-35(34-46(43,44)45)36(40)32-30-28-26-24-12-10-8-6-4-2/h4-7,11-13,24,30,32,35-37,40-41H,3,8-10,14-23,25-29,31,33-34H2,1-2H3,(H,39,42)(H,43,44,45)/b6-4+,7-5-,13-11-,24-12+,32-30+. The Morgan fingerprint density at radius 3 is 1.67 bits per heavy atom. The van der Waals surface area contributed by atoms with Gasteiger partial charge in [0.25, 0.3) is 10.1 Å². The lowest BCUT2D eigenvalue weighted by molar-refractivity contribution is -0.130. The zero-order valence-electron chi connectivity index (χ0n) is 29.0. The molecule has 0 aromatic rings. The van der Waals surface area contributed by atoms with E-state index in [9.17, 15) is 28.0 Å². The van der Waals surface area contributed by atoms with E-state index < -0.39 is 40.0 Å². The zero-order chi connectivity index (χ0) is 34.1. The number of hydrogen-bond acceptors (Lipinski definition) is 5. The molecule has 0 aromatic heterocycles. The molecule has 1 amide bonds. The Kier molecular flexibility index (Phi) is 30.2. The summed E-state index contributed by atoms with van der Waals surface area (Å²) in [7, 11) is -4.45. The third-order valence-corrected chi connectivity index (χ3v) is 8.64. The Hall–Kier alpha value is -2.00. The van der Waals surface area contributed by atoms with Gasteiger partial charge in [0.05, 0.1) is 17.9 Å². The molecule has 0 saturated heterocycles. The summed E-state index contributed by atoms with van der Waals surface area (Å²) in [5.41, 5.74) is 0. The largest absolute Gasteiger partial charge is 0.387 e. The van der Waals surface area contributed by atoms with Gasteiger partial charge in [-0.3, -0.25) is 9.35 Å². The first kappa shape index (κ1) is 44.0. The summed E-state index contributed by atoms with van der Waals surface area (Å²) in [6.45, 7) is 4.15. The predicted octanol–water partition coefficient (Wildman–Crippen LogP) is 9.09. The fourth-order valence-corrected chi connectivity index (χ4v) is 5.85. The number of carbonyl (C=O) groups excluding carboxylic acids is 1. The lowest BCUT2D eigenvalue weighted by Gasteiger charge is -2.22. The number of aliphatic hydroxyl groups excluding tert-OH is 2. The summed E-state index contributed by atoms with van der Waals surface area (Å²) in [5.74, 6) is -1.57. The highest BCUT2D eigenvalue weighted by Gasteiger charge is 2.27. The SMILES string of the molecule is C/C=C/CC/C=C/CC/C=C/C(O)C(CS(=O)(=O)O)NC(=O)C(O)CCCCCCCCCCCCCCC/C=C\C/C=C\CC. The minimum Gasteiger partial charge on any atom is -0.387 e. The van der Waals surface area contributed by atoms with Gasteiger partial charge in [0.2, 0.25) is 5.91 Å². The fraction of sp³-hybridized carbons (Fsp3) is 0.711. The molecule has 0 aliphatic heterocycles. The number of hydrogen-bond donors (Lipinski definition) is 4. The number of aliphatic hydroxyl groups is 2. The first-order chi connectivity index (χ1) is 22.2. The van der Waals surface area contributed by atoms with Crippen LogP contribution in [0.15, 0.2) is 60.8 Å². The maximum absolute atomic E-state index is 12.5. The van der Waals surface area contributed by atoms with Crippen molar-refractivity contribution in [3.63, 3.8) is 0 Å². The number of rotatable bonds is 31. The summed E-state index contributed by atoms with van der Waals surface area (Å²) in [4.78, 5) is 12.5. The van der Waals surface area contributed by atoms with Crippen LogP contribution in [0.2, 0.25) is 0 Å². The van der Waals surface area contributed by atoms with E-state index in [-0.39, 0.29) is 6.42 Å². The first-order valence-corrected chi connectivity index (χ1v) is 19.7. The molecule has 266 valence electrons. The van der Waals surface area contributed by atoms with Crippen molar-refractivity contribution in [1.29, 1.82) is 0 Å². The molecular formula is C38H67NO6S. The summed E-state index contributed by atoms with van der Waals surface area (Å²) >= 11 is 0. The molecule has 0 bridgehead atoms. The fourth-order valence-electron chi connectivity index (χ4n) is 5.12. The molecule has 3 unspecified atom stereocenters. The smallest absolute Gasteiger partial charge is 0.267 e. The summed E-state index contributed by atoms with van der Waals surface area (Å²) in [6, 6.07) is -1.25. The lowest BCUT2D eigenvalue weighted by atomic mass is 10.0. The number of nitrogens with one attached hydrogen (secondary N) is 1. The van der Waals surface area contributed by atoms with Crippen LogP contribution in [0.1, 0.15) is 149 Å². The van der Waals surface area contributed by atoms with Crippen LogP contribution in [-0.4, -0.2) is 53.1 Å². The van der Waals surface area contributed by atoms with Gasteiger partial charge in [-0.05, 0) is 64.7 Å². The van der Waals surface area contributed by atoms with Crippen LogP contribution in [0, 0.1) is 0 Å². The van der Waals surface area contributed by atoms with Crippen molar-refractivity contribution in [3.05, 3.63) is 60.8 Å². The second-order valence-electron chi connectivity index (χ2n) is 12.3. The highest BCUT2D eigenvalue weighted by atomic mass is 32.2. The maximum Gasteiger partial charge on any atom is 0.267 e. The van der Waals surface area contributed by atoms with Crippen molar-refractivity contribution < 1.29 is 28.0 Å². The van der Waals surface area contributed by atoms with Crippen molar-refractivity contribution in [1.82, 2.24) is 5.32 Å². The van der Waals surface area contributed by atoms with E-state index in [1.165, 1.54) is 70.3 Å². The lowest BCUT2D eigenvalue weighted by Crippen LogP contribution is -2.50. The number of carbonyl (C=O) groups is 1. The third kappa shape index (κ3) is 30.6. The second kappa shape index (κ2) is 31.6. The minimum atomic E-state index is -4.45. The minimum absolute atomic E-state index is 0.267. The first-order valence-electron chi connectivity index (χ1n) is 18.1. The molecule has 0 rings (SSSR count). The Morgan fingerprint density at radius 2 is 1.13 bits per heavy atom. The highest BCUT2D eigenvalue weighted by molar-refractivity contribution is 7.85. The Balaban J connectivity index is 4.01. The molecule has 0 heterocycles. The number of allylic oxidation sites excluding steroid dienone is 9. The van der Waals surface area contributed by atoms with Crippen LogP contribution in [0.5, 0.6) is 0 Å². The zero-order valence-corrected chi connectivity index (χ0v) is 29.9. The van der Waals surface area contributed by atoms with Crippen molar-refractivity contribution in [2.75, 3.05) is 5.75 Å². The Morgan fingerprint density at radius 1 is 0.652 bits per heavy atom. The van der Waals surface area contributed by atoms with Gasteiger partial charge >= 0.3 is 0 Å². The second-order valence-corrected chi connectivity index (χ2v) is 13.8. The van der Waals surface area contributed by atoms with E-state index in [2.05, 4.69) is 48.7 Å². The van der Waals surface area contributed by atoms with Crippen LogP contribution in [0.25, 0.3) is 0 Å². The van der Waals surface area contributed by atoms with Crippen LogP contribution in [-0.2, 0) is 14.9 Å². The van der Waals surface area contributed by atoms with Crippen LogP contribution in [0.4, 0.5) is 0 Å². The molecule has 0 saturated carbocycles. The molecule has 3 atom stereocenters. The number of amides is 1. The summed E-state index contributed by atoms with van der Waals surface area (Å²) < 4.78 is 32.3. The van der Waals surface area contributed by atoms with E-state index in [1.807, 2.05) is 19.1 Å². The van der Waals surface area contributed by atoms with Gasteiger partial charge in [-0.2, -0.15) is 8.42 Å². The van der Waals surface area contributed by atoms with Crippen LogP contribution in [0.3, 0.4) is 0 Å². The van der Waals surface area contributed by atoms with E-state index in [0.717, 1.165) is 51.4 Å². The molecular weight excluding hydrogens is 598 g/mol. The van der Waals surface area contributed by atoms with Gasteiger partial charge in [-0.1, -0.05) is 145 Å². The topological polar surface area (TPSA) is 124 Å². The average Bonchev–Trinajstić information content (AvgIpc) is 3.01. The van der Waals surface area contributed by atoms with Crippen molar-refractivity contribution in [2.45, 2.75) is 167 Å². The van der Waals surface area contributed by atoms with Crippen molar-refractivity contribution in [3.8, 4) is 0 Å².